The van der Waals surface area contributed by atoms with Gasteiger partial charge >= 0.3 is 5.97 Å². The van der Waals surface area contributed by atoms with Gasteiger partial charge in [0.1, 0.15) is 17.9 Å². The van der Waals surface area contributed by atoms with E-state index in [-0.39, 0.29) is 10.6 Å². The monoisotopic (exact) mass is 495 g/mol. The van der Waals surface area contributed by atoms with Crippen molar-refractivity contribution in [2.45, 2.75) is 13.5 Å². The molecule has 156 valence electrons. The molecule has 0 aliphatic rings. The van der Waals surface area contributed by atoms with E-state index in [2.05, 4.69) is 15.9 Å². The van der Waals surface area contributed by atoms with Gasteiger partial charge in [-0.3, -0.25) is 0 Å². The quantitative estimate of drug-likeness (QED) is 0.308. The van der Waals surface area contributed by atoms with Gasteiger partial charge in [0.05, 0.1) is 16.4 Å². The number of aromatic nitrogens is 1. The average Bonchev–Trinajstić information content (AvgIpc) is 3.14. The summed E-state index contributed by atoms with van der Waals surface area (Å²) in [6.07, 6.45) is 0. The number of ether oxygens (including phenoxy) is 1. The molecular weight excluding hydrogens is 478 g/mol. The number of benzene rings is 3. The molecule has 4 rings (SSSR count). The number of aryl methyl sites for hydroxylation is 1. The Labute approximate surface area is 193 Å². The lowest BCUT2D eigenvalue weighted by atomic mass is 10.1. The minimum Gasteiger partial charge on any atom is -0.488 e. The largest absolute Gasteiger partial charge is 0.488 e. The number of rotatable bonds is 6. The van der Waals surface area contributed by atoms with E-state index >= 15 is 0 Å². The first kappa shape index (κ1) is 21.2. The molecule has 0 unspecified atom stereocenters. The minimum absolute atomic E-state index is 0.0615. The van der Waals surface area contributed by atoms with Crippen LogP contribution in [-0.4, -0.2) is 15.6 Å². The van der Waals surface area contributed by atoms with Crippen LogP contribution in [0.1, 0.15) is 21.6 Å². The molecule has 0 fully saturated rings. The van der Waals surface area contributed by atoms with Crippen molar-refractivity contribution in [3.8, 4) is 22.7 Å². The van der Waals surface area contributed by atoms with Crippen LogP contribution in [0.4, 0.5) is 0 Å². The Bertz CT molecular complexity index is 1250. The third kappa shape index (κ3) is 4.38. The summed E-state index contributed by atoms with van der Waals surface area (Å²) < 4.78 is 8.95. The second-order valence-electron chi connectivity index (χ2n) is 7.05. The lowest BCUT2D eigenvalue weighted by Crippen LogP contribution is -2.09. The van der Waals surface area contributed by atoms with Crippen molar-refractivity contribution in [1.29, 1.82) is 0 Å². The maximum absolute atomic E-state index is 11.9. The number of carboxylic acids is 1. The number of aromatic carboxylic acids is 1. The molecule has 0 spiro atoms. The highest BCUT2D eigenvalue weighted by molar-refractivity contribution is 9.10. The first-order valence-electron chi connectivity index (χ1n) is 9.63. The molecule has 1 heterocycles. The highest BCUT2D eigenvalue weighted by Gasteiger charge is 2.21. The summed E-state index contributed by atoms with van der Waals surface area (Å²) >= 11 is 9.79. The van der Waals surface area contributed by atoms with Crippen molar-refractivity contribution in [2.75, 3.05) is 0 Å². The lowest BCUT2D eigenvalue weighted by molar-refractivity contribution is 0.0697. The van der Waals surface area contributed by atoms with Crippen LogP contribution in [0, 0.1) is 6.92 Å². The van der Waals surface area contributed by atoms with Gasteiger partial charge in [-0.05, 0) is 55.0 Å². The van der Waals surface area contributed by atoms with E-state index < -0.39 is 5.97 Å². The Hall–Kier alpha value is -3.02. The minimum atomic E-state index is -1.07. The fourth-order valence-corrected chi connectivity index (χ4v) is 4.15. The van der Waals surface area contributed by atoms with Crippen LogP contribution < -0.4 is 4.74 Å². The Morgan fingerprint density at radius 1 is 1.03 bits per heavy atom. The summed E-state index contributed by atoms with van der Waals surface area (Å²) in [7, 11) is 0. The highest BCUT2D eigenvalue weighted by atomic mass is 79.9. The summed E-state index contributed by atoms with van der Waals surface area (Å²) in [6, 6.07) is 24.7. The maximum Gasteiger partial charge on any atom is 0.339 e. The summed E-state index contributed by atoms with van der Waals surface area (Å²) in [4.78, 5) is 11.9. The van der Waals surface area contributed by atoms with Gasteiger partial charge in [0, 0.05) is 15.7 Å². The molecule has 1 aromatic heterocycles. The van der Waals surface area contributed by atoms with E-state index in [0.29, 0.717) is 18.0 Å². The molecular formula is C25H19BrClNO3. The Morgan fingerprint density at radius 2 is 1.81 bits per heavy atom. The molecule has 0 saturated carbocycles. The molecule has 0 amide bonds. The molecule has 3 aromatic carbocycles. The van der Waals surface area contributed by atoms with Gasteiger partial charge in [0.2, 0.25) is 0 Å². The molecule has 31 heavy (non-hydrogen) atoms. The predicted molar refractivity (Wildman–Crippen MR) is 126 cm³/mol. The van der Waals surface area contributed by atoms with Crippen LogP contribution in [0.15, 0.2) is 83.3 Å². The average molecular weight is 497 g/mol. The number of hydrogen-bond acceptors (Lipinski definition) is 2. The van der Waals surface area contributed by atoms with Crippen molar-refractivity contribution < 1.29 is 14.6 Å². The molecule has 6 heteroatoms. The zero-order valence-corrected chi connectivity index (χ0v) is 19.0. The SMILES string of the molecule is Cc1ccc(-c2cc(Br)ccc2OCc2ccccc2)n1-c1cccc(Cl)c1C(=O)O. The van der Waals surface area contributed by atoms with Crippen LogP contribution in [0.3, 0.4) is 0 Å². The van der Waals surface area contributed by atoms with Gasteiger partial charge in [0.25, 0.3) is 0 Å². The number of carboxylic acid groups (broad SMARTS) is 1. The van der Waals surface area contributed by atoms with Gasteiger partial charge < -0.3 is 14.4 Å². The number of nitrogens with zero attached hydrogens (tertiary/aromatic N) is 1. The van der Waals surface area contributed by atoms with Crippen LogP contribution in [-0.2, 0) is 6.61 Å². The molecule has 1 N–H and O–H groups in total. The lowest BCUT2D eigenvalue weighted by Gasteiger charge is -2.18. The first-order valence-corrected chi connectivity index (χ1v) is 10.8. The third-order valence-electron chi connectivity index (χ3n) is 4.98. The Kier molecular flexibility index (Phi) is 6.16. The molecule has 0 radical (unpaired) electrons. The fourth-order valence-electron chi connectivity index (χ4n) is 3.54. The van der Waals surface area contributed by atoms with Crippen molar-refractivity contribution in [2.24, 2.45) is 0 Å². The Balaban J connectivity index is 1.84. The van der Waals surface area contributed by atoms with Crippen LogP contribution in [0.25, 0.3) is 16.9 Å². The molecule has 4 aromatic rings. The molecule has 0 atom stereocenters. The van der Waals surface area contributed by atoms with Crippen molar-refractivity contribution in [1.82, 2.24) is 4.57 Å². The molecule has 0 saturated heterocycles. The van der Waals surface area contributed by atoms with Crippen molar-refractivity contribution in [3.63, 3.8) is 0 Å². The van der Waals surface area contributed by atoms with E-state index in [0.717, 1.165) is 27.0 Å². The van der Waals surface area contributed by atoms with Gasteiger partial charge in [-0.25, -0.2) is 4.79 Å². The third-order valence-corrected chi connectivity index (χ3v) is 5.79. The van der Waals surface area contributed by atoms with Crippen LogP contribution >= 0.6 is 27.5 Å². The van der Waals surface area contributed by atoms with Crippen LogP contribution in [0.2, 0.25) is 5.02 Å². The zero-order valence-electron chi connectivity index (χ0n) is 16.7. The second-order valence-corrected chi connectivity index (χ2v) is 8.37. The number of halogens is 2. The molecule has 0 aliphatic carbocycles. The predicted octanol–water partition coefficient (Wildman–Crippen LogP) is 7.15. The standard InChI is InChI=1S/C25H19BrClNO3/c1-16-10-12-21(28(16)22-9-5-8-20(27)24(22)25(29)30)19-14-18(26)11-13-23(19)31-15-17-6-3-2-4-7-17/h2-14H,15H2,1H3,(H,29,30). The first-order chi connectivity index (χ1) is 15.0. The zero-order chi connectivity index (χ0) is 22.0. The normalized spacial score (nSPS) is 10.8. The summed E-state index contributed by atoms with van der Waals surface area (Å²) in [6.45, 7) is 2.35. The van der Waals surface area contributed by atoms with Crippen molar-refractivity contribution >= 4 is 33.5 Å². The molecule has 4 nitrogen and oxygen atoms in total. The van der Waals surface area contributed by atoms with E-state index in [1.165, 1.54) is 0 Å². The van der Waals surface area contributed by atoms with E-state index in [1.807, 2.05) is 72.2 Å². The highest BCUT2D eigenvalue weighted by Crippen LogP contribution is 2.37. The second kappa shape index (κ2) is 9.00. The Morgan fingerprint density at radius 3 is 2.55 bits per heavy atom. The molecule has 0 aliphatic heterocycles. The molecule has 0 bridgehead atoms. The van der Waals surface area contributed by atoms with Gasteiger partial charge in [-0.1, -0.05) is 63.9 Å². The summed E-state index contributed by atoms with van der Waals surface area (Å²) in [5, 5.41) is 9.97. The van der Waals surface area contributed by atoms with Crippen LogP contribution in [0.5, 0.6) is 5.75 Å². The summed E-state index contributed by atoms with van der Waals surface area (Å²) in [5.74, 6) is -0.375. The van der Waals surface area contributed by atoms with Gasteiger partial charge in [-0.15, -0.1) is 0 Å². The van der Waals surface area contributed by atoms with E-state index in [9.17, 15) is 9.90 Å². The van der Waals surface area contributed by atoms with Gasteiger partial charge in [0.15, 0.2) is 0 Å². The summed E-state index contributed by atoms with van der Waals surface area (Å²) in [5.41, 5.74) is 4.17. The van der Waals surface area contributed by atoms with E-state index in [4.69, 9.17) is 16.3 Å². The maximum atomic E-state index is 11.9. The van der Waals surface area contributed by atoms with E-state index in [1.54, 1.807) is 18.2 Å². The topological polar surface area (TPSA) is 51.5 Å². The van der Waals surface area contributed by atoms with Gasteiger partial charge in [-0.2, -0.15) is 0 Å². The number of carbonyl (C=O) groups is 1. The smallest absolute Gasteiger partial charge is 0.339 e. The van der Waals surface area contributed by atoms with Crippen molar-refractivity contribution in [3.05, 3.63) is 105 Å². The fraction of sp³-hybridized carbons (Fsp3) is 0.0800. The number of hydrogen-bond donors (Lipinski definition) is 1.